The monoisotopic (exact) mass is 241 g/mol. The third-order valence-electron chi connectivity index (χ3n) is 2.52. The van der Waals surface area contributed by atoms with E-state index in [-0.39, 0.29) is 0 Å². The van der Waals surface area contributed by atoms with Crippen LogP contribution in [-0.2, 0) is 4.74 Å². The van der Waals surface area contributed by atoms with Crippen LogP contribution in [0.1, 0.15) is 19.4 Å². The van der Waals surface area contributed by atoms with Crippen LogP contribution >= 0.6 is 0 Å². The average molecular weight is 241 g/mol. The van der Waals surface area contributed by atoms with Crippen molar-refractivity contribution in [1.82, 2.24) is 25.4 Å². The summed E-state index contributed by atoms with van der Waals surface area (Å²) < 4.78 is 6.81. The Labute approximate surface area is 103 Å². The fourth-order valence-corrected chi connectivity index (χ4v) is 1.49. The molecule has 0 aliphatic carbocycles. The zero-order chi connectivity index (χ0) is 12.3. The van der Waals surface area contributed by atoms with Crippen molar-refractivity contribution in [2.45, 2.75) is 19.4 Å². The van der Waals surface area contributed by atoms with Crippen molar-refractivity contribution in [2.24, 2.45) is 0 Å². The minimum absolute atomic E-state index is 0.346. The SMILES string of the molecule is COCCNCCCNCC(C)n1cncn1. The van der Waals surface area contributed by atoms with E-state index in [1.165, 1.54) is 0 Å². The van der Waals surface area contributed by atoms with Gasteiger partial charge < -0.3 is 15.4 Å². The van der Waals surface area contributed by atoms with Gasteiger partial charge in [0.1, 0.15) is 12.7 Å². The van der Waals surface area contributed by atoms with E-state index >= 15 is 0 Å². The van der Waals surface area contributed by atoms with Gasteiger partial charge in [-0.2, -0.15) is 5.10 Å². The van der Waals surface area contributed by atoms with Gasteiger partial charge in [0.2, 0.25) is 0 Å². The van der Waals surface area contributed by atoms with Gasteiger partial charge in [0.05, 0.1) is 12.6 Å². The number of rotatable bonds is 10. The summed E-state index contributed by atoms with van der Waals surface area (Å²) in [4.78, 5) is 3.93. The number of methoxy groups -OCH3 is 1. The second-order valence-corrected chi connectivity index (χ2v) is 4.02. The maximum atomic E-state index is 4.95. The molecule has 0 spiro atoms. The van der Waals surface area contributed by atoms with E-state index in [0.29, 0.717) is 6.04 Å². The molecule has 1 aromatic rings. The van der Waals surface area contributed by atoms with Crippen LogP contribution < -0.4 is 10.6 Å². The summed E-state index contributed by atoms with van der Waals surface area (Å²) in [6.07, 6.45) is 4.43. The Hall–Kier alpha value is -0.980. The Morgan fingerprint density at radius 1 is 1.29 bits per heavy atom. The number of nitrogens with one attached hydrogen (secondary N) is 2. The van der Waals surface area contributed by atoms with Crippen molar-refractivity contribution in [2.75, 3.05) is 39.9 Å². The van der Waals surface area contributed by atoms with Gasteiger partial charge >= 0.3 is 0 Å². The molecule has 6 nitrogen and oxygen atoms in total. The molecule has 0 aromatic carbocycles. The lowest BCUT2D eigenvalue weighted by Crippen LogP contribution is -2.28. The molecule has 1 aromatic heterocycles. The first-order valence-corrected chi connectivity index (χ1v) is 6.09. The predicted molar refractivity (Wildman–Crippen MR) is 67.0 cm³/mol. The fraction of sp³-hybridized carbons (Fsp3) is 0.818. The lowest BCUT2D eigenvalue weighted by Gasteiger charge is -2.12. The highest BCUT2D eigenvalue weighted by Gasteiger charge is 2.03. The van der Waals surface area contributed by atoms with Gasteiger partial charge in [0.15, 0.2) is 0 Å². The molecule has 0 saturated carbocycles. The lowest BCUT2D eigenvalue weighted by atomic mass is 10.3. The standard InChI is InChI=1S/C11H23N5O/c1-11(16-10-14-9-15-16)8-13-5-3-4-12-6-7-17-2/h9-13H,3-8H2,1-2H3. The van der Waals surface area contributed by atoms with Gasteiger partial charge in [0.25, 0.3) is 0 Å². The lowest BCUT2D eigenvalue weighted by molar-refractivity contribution is 0.199. The van der Waals surface area contributed by atoms with Crippen LogP contribution in [0.4, 0.5) is 0 Å². The van der Waals surface area contributed by atoms with E-state index < -0.39 is 0 Å². The fourth-order valence-electron chi connectivity index (χ4n) is 1.49. The Morgan fingerprint density at radius 2 is 2.12 bits per heavy atom. The van der Waals surface area contributed by atoms with Gasteiger partial charge in [-0.05, 0) is 26.4 Å². The highest BCUT2D eigenvalue weighted by molar-refractivity contribution is 4.66. The Bertz CT molecular complexity index is 265. The quantitative estimate of drug-likeness (QED) is 0.567. The molecule has 0 amide bonds. The van der Waals surface area contributed by atoms with Crippen molar-refractivity contribution in [3.63, 3.8) is 0 Å². The summed E-state index contributed by atoms with van der Waals surface area (Å²) in [6, 6.07) is 0.346. The number of nitrogens with zero attached hydrogens (tertiary/aromatic N) is 3. The third-order valence-corrected chi connectivity index (χ3v) is 2.52. The largest absolute Gasteiger partial charge is 0.383 e. The molecule has 0 aliphatic rings. The summed E-state index contributed by atoms with van der Waals surface area (Å²) in [5, 5.41) is 10.8. The minimum Gasteiger partial charge on any atom is -0.383 e. The number of hydrogen-bond acceptors (Lipinski definition) is 5. The van der Waals surface area contributed by atoms with E-state index in [9.17, 15) is 0 Å². The van der Waals surface area contributed by atoms with Crippen molar-refractivity contribution in [3.05, 3.63) is 12.7 Å². The molecular formula is C11H23N5O. The highest BCUT2D eigenvalue weighted by atomic mass is 16.5. The van der Waals surface area contributed by atoms with Crippen LogP contribution in [0.3, 0.4) is 0 Å². The van der Waals surface area contributed by atoms with Crippen molar-refractivity contribution < 1.29 is 4.74 Å². The molecular weight excluding hydrogens is 218 g/mol. The molecule has 6 heteroatoms. The van der Waals surface area contributed by atoms with E-state index in [0.717, 1.165) is 39.2 Å². The molecule has 0 fully saturated rings. The molecule has 1 unspecified atom stereocenters. The summed E-state index contributed by atoms with van der Waals surface area (Å²) in [5.41, 5.74) is 0. The van der Waals surface area contributed by atoms with Gasteiger partial charge in [-0.15, -0.1) is 0 Å². The zero-order valence-electron chi connectivity index (χ0n) is 10.7. The molecule has 2 N–H and O–H groups in total. The van der Waals surface area contributed by atoms with Crippen molar-refractivity contribution in [3.8, 4) is 0 Å². The van der Waals surface area contributed by atoms with Gasteiger partial charge in [-0.25, -0.2) is 9.67 Å². The van der Waals surface area contributed by atoms with E-state index in [1.807, 2.05) is 4.68 Å². The predicted octanol–water partition coefficient (Wildman–Crippen LogP) is 0.0548. The molecule has 17 heavy (non-hydrogen) atoms. The molecule has 1 rings (SSSR count). The van der Waals surface area contributed by atoms with Crippen LogP contribution in [0.2, 0.25) is 0 Å². The second kappa shape index (κ2) is 9.09. The summed E-state index contributed by atoms with van der Waals surface area (Å²) in [6.45, 7) is 6.77. The van der Waals surface area contributed by atoms with Crippen molar-refractivity contribution >= 4 is 0 Å². The molecule has 1 heterocycles. The highest BCUT2D eigenvalue weighted by Crippen LogP contribution is 1.98. The molecule has 0 radical (unpaired) electrons. The van der Waals surface area contributed by atoms with Crippen LogP contribution in [0.25, 0.3) is 0 Å². The van der Waals surface area contributed by atoms with Crippen LogP contribution in [0.5, 0.6) is 0 Å². The topological polar surface area (TPSA) is 64.0 Å². The van der Waals surface area contributed by atoms with E-state index in [1.54, 1.807) is 19.8 Å². The average Bonchev–Trinajstić information content (AvgIpc) is 2.86. The summed E-state index contributed by atoms with van der Waals surface area (Å²) in [7, 11) is 1.72. The second-order valence-electron chi connectivity index (χ2n) is 4.02. The number of hydrogen-bond donors (Lipinski definition) is 2. The Balaban J connectivity index is 1.90. The van der Waals surface area contributed by atoms with Gasteiger partial charge in [0, 0.05) is 20.2 Å². The molecule has 0 bridgehead atoms. The van der Waals surface area contributed by atoms with Crippen molar-refractivity contribution in [1.29, 1.82) is 0 Å². The van der Waals surface area contributed by atoms with E-state index in [2.05, 4.69) is 27.6 Å². The molecule has 1 atom stereocenters. The number of aromatic nitrogens is 3. The first kappa shape index (κ1) is 14.1. The Kier molecular flexibility index (Phi) is 7.53. The summed E-state index contributed by atoms with van der Waals surface area (Å²) >= 11 is 0. The molecule has 0 aliphatic heterocycles. The maximum Gasteiger partial charge on any atom is 0.137 e. The van der Waals surface area contributed by atoms with Crippen LogP contribution in [0, 0.1) is 0 Å². The number of ether oxygens (including phenoxy) is 1. The molecule has 98 valence electrons. The van der Waals surface area contributed by atoms with Crippen LogP contribution in [-0.4, -0.2) is 54.7 Å². The first-order chi connectivity index (χ1) is 8.34. The normalized spacial score (nSPS) is 12.8. The van der Waals surface area contributed by atoms with Crippen LogP contribution in [0.15, 0.2) is 12.7 Å². The molecule has 0 saturated heterocycles. The van der Waals surface area contributed by atoms with Gasteiger partial charge in [-0.1, -0.05) is 0 Å². The third kappa shape index (κ3) is 6.35. The maximum absolute atomic E-state index is 4.95. The Morgan fingerprint density at radius 3 is 2.82 bits per heavy atom. The first-order valence-electron chi connectivity index (χ1n) is 6.09. The smallest absolute Gasteiger partial charge is 0.137 e. The van der Waals surface area contributed by atoms with E-state index in [4.69, 9.17) is 4.74 Å². The zero-order valence-corrected chi connectivity index (χ0v) is 10.7. The van der Waals surface area contributed by atoms with Gasteiger partial charge in [-0.3, -0.25) is 0 Å². The summed E-state index contributed by atoms with van der Waals surface area (Å²) in [5.74, 6) is 0. The minimum atomic E-state index is 0.346.